The van der Waals surface area contributed by atoms with Crippen LogP contribution in [0.3, 0.4) is 0 Å². The second-order valence-electron chi connectivity index (χ2n) is 4.34. The fraction of sp³-hybridized carbons (Fsp3) is 0.286. The van der Waals surface area contributed by atoms with E-state index in [1.807, 2.05) is 26.1 Å². The second kappa shape index (κ2) is 5.39. The Morgan fingerprint density at radius 3 is 2.44 bits per heavy atom. The van der Waals surface area contributed by atoms with Crippen molar-refractivity contribution in [2.24, 2.45) is 0 Å². The summed E-state index contributed by atoms with van der Waals surface area (Å²) in [5, 5.41) is 3.25. The van der Waals surface area contributed by atoms with Crippen molar-refractivity contribution in [3.8, 4) is 0 Å². The lowest BCUT2D eigenvalue weighted by molar-refractivity contribution is 0.614. The number of hydrogen-bond donors (Lipinski definition) is 1. The lowest BCUT2D eigenvalue weighted by atomic mass is 10.0. The van der Waals surface area contributed by atoms with Gasteiger partial charge in [-0.15, -0.1) is 11.3 Å². The molecule has 0 aliphatic rings. The zero-order chi connectivity index (χ0) is 13.3. The summed E-state index contributed by atoms with van der Waals surface area (Å²) in [7, 11) is 1.90. The minimum Gasteiger partial charge on any atom is -0.309 e. The molecule has 2 aromatic rings. The highest BCUT2D eigenvalue weighted by molar-refractivity contribution is 7.16. The number of aryl methyl sites for hydroxylation is 2. The second-order valence-corrected chi connectivity index (χ2v) is 6.02. The molecule has 1 nitrogen and oxygen atoms in total. The van der Waals surface area contributed by atoms with Gasteiger partial charge in [-0.3, -0.25) is 0 Å². The van der Waals surface area contributed by atoms with E-state index in [0.29, 0.717) is 5.56 Å². The van der Waals surface area contributed by atoms with Gasteiger partial charge in [0.2, 0.25) is 0 Å². The zero-order valence-corrected chi connectivity index (χ0v) is 12.1. The van der Waals surface area contributed by atoms with E-state index in [0.717, 1.165) is 20.3 Å². The highest BCUT2D eigenvalue weighted by Gasteiger charge is 2.16. The van der Waals surface area contributed by atoms with E-state index in [1.54, 1.807) is 18.3 Å². The zero-order valence-electron chi connectivity index (χ0n) is 10.6. The molecule has 18 heavy (non-hydrogen) atoms. The van der Waals surface area contributed by atoms with Gasteiger partial charge in [0, 0.05) is 4.88 Å². The first-order valence-electron chi connectivity index (χ1n) is 5.72. The largest absolute Gasteiger partial charge is 0.309 e. The molecule has 0 saturated heterocycles. The lowest BCUT2D eigenvalue weighted by Crippen LogP contribution is -2.16. The van der Waals surface area contributed by atoms with Gasteiger partial charge in [0.1, 0.15) is 5.82 Å². The maximum Gasteiger partial charge on any atom is 0.126 e. The van der Waals surface area contributed by atoms with Gasteiger partial charge in [0.05, 0.1) is 10.4 Å². The van der Waals surface area contributed by atoms with Gasteiger partial charge in [-0.1, -0.05) is 23.7 Å². The van der Waals surface area contributed by atoms with Crippen LogP contribution in [0.5, 0.6) is 0 Å². The first-order valence-corrected chi connectivity index (χ1v) is 6.91. The van der Waals surface area contributed by atoms with E-state index in [4.69, 9.17) is 11.6 Å². The first kappa shape index (κ1) is 13.5. The average Bonchev–Trinajstić information content (AvgIpc) is 2.65. The van der Waals surface area contributed by atoms with Crippen molar-refractivity contribution in [3.63, 3.8) is 0 Å². The Morgan fingerprint density at radius 1 is 1.22 bits per heavy atom. The van der Waals surface area contributed by atoms with E-state index < -0.39 is 0 Å². The molecule has 1 aromatic heterocycles. The highest BCUT2D eigenvalue weighted by atomic mass is 35.5. The maximum absolute atomic E-state index is 13.3. The highest BCUT2D eigenvalue weighted by Crippen LogP contribution is 2.34. The van der Waals surface area contributed by atoms with E-state index in [9.17, 15) is 4.39 Å². The van der Waals surface area contributed by atoms with E-state index in [-0.39, 0.29) is 11.9 Å². The van der Waals surface area contributed by atoms with Crippen molar-refractivity contribution in [1.29, 1.82) is 0 Å². The van der Waals surface area contributed by atoms with Crippen molar-refractivity contribution in [1.82, 2.24) is 5.32 Å². The molecule has 1 heterocycles. The van der Waals surface area contributed by atoms with Crippen LogP contribution in [-0.2, 0) is 0 Å². The van der Waals surface area contributed by atoms with E-state index in [1.165, 1.54) is 6.07 Å². The van der Waals surface area contributed by atoms with Crippen molar-refractivity contribution >= 4 is 22.9 Å². The molecule has 0 aliphatic heterocycles. The summed E-state index contributed by atoms with van der Waals surface area (Å²) in [5.74, 6) is -0.172. The Hall–Kier alpha value is -0.900. The minimum atomic E-state index is -0.172. The number of hydrogen-bond acceptors (Lipinski definition) is 2. The molecular formula is C14H15ClFNS. The third-order valence-corrected chi connectivity index (χ3v) is 4.58. The SMILES string of the molecule is CNC(c1ccc(F)c(C)c1)c1cc(C)c(Cl)s1. The molecule has 0 spiro atoms. The molecule has 96 valence electrons. The molecule has 0 bridgehead atoms. The summed E-state index contributed by atoms with van der Waals surface area (Å²) in [6.45, 7) is 3.77. The summed E-state index contributed by atoms with van der Waals surface area (Å²) in [6, 6.07) is 7.33. The van der Waals surface area contributed by atoms with Crippen LogP contribution < -0.4 is 5.32 Å². The maximum atomic E-state index is 13.3. The predicted octanol–water partition coefficient (Wildman–Crippen LogP) is 4.47. The van der Waals surface area contributed by atoms with Crippen LogP contribution in [0.25, 0.3) is 0 Å². The molecule has 0 saturated carbocycles. The van der Waals surface area contributed by atoms with Crippen LogP contribution in [0.4, 0.5) is 4.39 Å². The van der Waals surface area contributed by atoms with Gasteiger partial charge in [-0.05, 0) is 49.7 Å². The fourth-order valence-electron chi connectivity index (χ4n) is 1.95. The van der Waals surface area contributed by atoms with E-state index in [2.05, 4.69) is 11.4 Å². The molecule has 0 amide bonds. The van der Waals surface area contributed by atoms with Crippen LogP contribution in [0.15, 0.2) is 24.3 Å². The van der Waals surface area contributed by atoms with Crippen LogP contribution in [-0.4, -0.2) is 7.05 Å². The van der Waals surface area contributed by atoms with Crippen molar-refractivity contribution in [2.75, 3.05) is 7.05 Å². The number of halogens is 2. The van der Waals surface area contributed by atoms with Crippen molar-refractivity contribution in [3.05, 3.63) is 56.0 Å². The monoisotopic (exact) mass is 283 g/mol. The summed E-state index contributed by atoms with van der Waals surface area (Å²) < 4.78 is 14.1. The quantitative estimate of drug-likeness (QED) is 0.876. The summed E-state index contributed by atoms with van der Waals surface area (Å²) in [4.78, 5) is 1.14. The molecule has 2 rings (SSSR count). The molecule has 1 N–H and O–H groups in total. The molecule has 1 unspecified atom stereocenters. The number of nitrogens with one attached hydrogen (secondary N) is 1. The Labute approximate surface area is 116 Å². The number of thiophene rings is 1. The van der Waals surface area contributed by atoms with Crippen LogP contribution in [0.1, 0.15) is 27.6 Å². The Balaban J connectivity index is 2.41. The lowest BCUT2D eigenvalue weighted by Gasteiger charge is -2.15. The van der Waals surface area contributed by atoms with Gasteiger partial charge in [-0.2, -0.15) is 0 Å². The van der Waals surface area contributed by atoms with Crippen molar-refractivity contribution in [2.45, 2.75) is 19.9 Å². The third kappa shape index (κ3) is 2.58. The molecule has 0 radical (unpaired) electrons. The minimum absolute atomic E-state index is 0.0560. The summed E-state index contributed by atoms with van der Waals surface area (Å²) >= 11 is 7.67. The molecule has 0 aliphatic carbocycles. The van der Waals surface area contributed by atoms with Crippen LogP contribution in [0, 0.1) is 19.7 Å². The predicted molar refractivity (Wildman–Crippen MR) is 76.1 cm³/mol. The molecule has 4 heteroatoms. The molecule has 0 fully saturated rings. The Kier molecular flexibility index (Phi) is 4.05. The van der Waals surface area contributed by atoms with Crippen LogP contribution >= 0.6 is 22.9 Å². The first-order chi connectivity index (χ1) is 8.52. The van der Waals surface area contributed by atoms with Crippen molar-refractivity contribution < 1.29 is 4.39 Å². The summed E-state index contributed by atoms with van der Waals surface area (Å²) in [5.41, 5.74) is 2.79. The number of benzene rings is 1. The van der Waals surface area contributed by atoms with Gasteiger partial charge < -0.3 is 5.32 Å². The topological polar surface area (TPSA) is 12.0 Å². The van der Waals surface area contributed by atoms with Gasteiger partial charge >= 0.3 is 0 Å². The summed E-state index contributed by atoms with van der Waals surface area (Å²) in [6.07, 6.45) is 0. The molecule has 1 aromatic carbocycles. The third-order valence-electron chi connectivity index (χ3n) is 2.96. The fourth-order valence-corrected chi connectivity index (χ4v) is 3.30. The standard InChI is InChI=1S/C14H15ClFNS/c1-8-6-10(4-5-11(8)16)13(17-3)12-7-9(2)14(15)18-12/h4-7,13,17H,1-3H3. The van der Waals surface area contributed by atoms with Gasteiger partial charge in [0.15, 0.2) is 0 Å². The Morgan fingerprint density at radius 2 is 1.94 bits per heavy atom. The average molecular weight is 284 g/mol. The van der Waals surface area contributed by atoms with E-state index >= 15 is 0 Å². The number of rotatable bonds is 3. The van der Waals surface area contributed by atoms with Gasteiger partial charge in [-0.25, -0.2) is 4.39 Å². The molecular weight excluding hydrogens is 269 g/mol. The Bertz CT molecular complexity index is 545. The molecule has 1 atom stereocenters. The smallest absolute Gasteiger partial charge is 0.126 e. The van der Waals surface area contributed by atoms with Crippen LogP contribution in [0.2, 0.25) is 4.34 Å². The normalized spacial score (nSPS) is 12.7. The van der Waals surface area contributed by atoms with Gasteiger partial charge in [0.25, 0.3) is 0 Å².